The van der Waals surface area contributed by atoms with Gasteiger partial charge in [-0.15, -0.1) is 0 Å². The Bertz CT molecular complexity index is 1010. The maximum atomic E-state index is 6.28. The average Bonchev–Trinajstić information content (AvgIpc) is 3.43. The van der Waals surface area contributed by atoms with Gasteiger partial charge in [0, 0.05) is 35.9 Å². The molecule has 2 aliphatic rings. The van der Waals surface area contributed by atoms with Gasteiger partial charge in [-0.25, -0.2) is 15.0 Å². The van der Waals surface area contributed by atoms with Crippen molar-refractivity contribution in [2.45, 2.75) is 38.6 Å². The second-order valence-electron chi connectivity index (χ2n) is 8.04. The third kappa shape index (κ3) is 4.23. The van der Waals surface area contributed by atoms with Crippen LogP contribution in [0.1, 0.15) is 32.6 Å². The highest BCUT2D eigenvalue weighted by Gasteiger charge is 2.25. The van der Waals surface area contributed by atoms with E-state index in [-0.39, 0.29) is 0 Å². The van der Waals surface area contributed by atoms with Crippen LogP contribution in [0.2, 0.25) is 5.02 Å². The van der Waals surface area contributed by atoms with Crippen LogP contribution in [0.5, 0.6) is 0 Å². The molecule has 1 saturated carbocycles. The second-order valence-corrected chi connectivity index (χ2v) is 9.45. The van der Waals surface area contributed by atoms with Gasteiger partial charge in [0.25, 0.3) is 0 Å². The zero-order chi connectivity index (χ0) is 19.8. The van der Waals surface area contributed by atoms with E-state index in [0.29, 0.717) is 17.0 Å². The molecule has 0 atom stereocenters. The van der Waals surface area contributed by atoms with Crippen LogP contribution >= 0.6 is 22.9 Å². The van der Waals surface area contributed by atoms with E-state index < -0.39 is 0 Å². The monoisotopic (exact) mass is 425 g/mol. The van der Waals surface area contributed by atoms with Crippen molar-refractivity contribution in [1.82, 2.24) is 15.0 Å². The van der Waals surface area contributed by atoms with Crippen LogP contribution in [-0.2, 0) is 0 Å². The molecule has 1 aromatic carbocycles. The first kappa shape index (κ1) is 18.8. The van der Waals surface area contributed by atoms with Gasteiger partial charge in [0.15, 0.2) is 5.13 Å². The molecule has 5 rings (SSSR count). The summed E-state index contributed by atoms with van der Waals surface area (Å²) in [6.07, 6.45) is 6.64. The summed E-state index contributed by atoms with van der Waals surface area (Å²) in [7, 11) is 0. The molecule has 0 bridgehead atoms. The standard InChI is InChI=1S/C22H24ClN5S/c1-14-8-11-28(12-9-14)22-27-19(15-3-2-4-16(23)13-15)20(29-22)18-7-10-24-21(26-18)25-17-5-6-17/h2-4,7,10,13-14,17H,5-6,8-9,11-12H2,1H3,(H,24,25,26). The predicted molar refractivity (Wildman–Crippen MR) is 121 cm³/mol. The Labute approximate surface area is 180 Å². The van der Waals surface area contributed by atoms with Crippen LogP contribution in [0, 0.1) is 5.92 Å². The number of piperidine rings is 1. The SMILES string of the molecule is CC1CCN(c2nc(-c3cccc(Cl)c3)c(-c3ccnc(NC4CC4)n3)s2)CC1. The molecule has 1 aliphatic heterocycles. The predicted octanol–water partition coefficient (Wildman–Crippen LogP) is 5.73. The highest BCUT2D eigenvalue weighted by Crippen LogP contribution is 2.41. The van der Waals surface area contributed by atoms with Gasteiger partial charge in [-0.05, 0) is 49.8 Å². The Kier molecular flexibility index (Phi) is 5.14. The number of benzene rings is 1. The van der Waals surface area contributed by atoms with Gasteiger partial charge in [0.05, 0.1) is 16.3 Å². The van der Waals surface area contributed by atoms with Crippen molar-refractivity contribution in [2.75, 3.05) is 23.3 Å². The van der Waals surface area contributed by atoms with Crippen molar-refractivity contribution >= 4 is 34.0 Å². The summed E-state index contributed by atoms with van der Waals surface area (Å²) >= 11 is 8.00. The largest absolute Gasteiger partial charge is 0.351 e. The first-order valence-corrected chi connectivity index (χ1v) is 11.5. The molecule has 7 heteroatoms. The molecule has 1 aliphatic carbocycles. The van der Waals surface area contributed by atoms with Crippen molar-refractivity contribution < 1.29 is 0 Å². The Balaban J connectivity index is 1.55. The number of halogens is 1. The zero-order valence-corrected chi connectivity index (χ0v) is 18.0. The van der Waals surface area contributed by atoms with Crippen molar-refractivity contribution in [1.29, 1.82) is 0 Å². The van der Waals surface area contributed by atoms with Gasteiger partial charge in [-0.1, -0.05) is 42.0 Å². The maximum Gasteiger partial charge on any atom is 0.223 e. The summed E-state index contributed by atoms with van der Waals surface area (Å²) in [5.74, 6) is 1.49. The fraction of sp³-hybridized carbons (Fsp3) is 0.409. The number of hydrogen-bond donors (Lipinski definition) is 1. The summed E-state index contributed by atoms with van der Waals surface area (Å²) in [4.78, 5) is 17.7. The topological polar surface area (TPSA) is 53.9 Å². The van der Waals surface area contributed by atoms with E-state index in [4.69, 9.17) is 21.6 Å². The lowest BCUT2D eigenvalue weighted by Gasteiger charge is -2.29. The molecule has 29 heavy (non-hydrogen) atoms. The molecule has 1 N–H and O–H groups in total. The molecule has 0 amide bonds. The number of rotatable bonds is 5. The molecule has 5 nitrogen and oxygen atoms in total. The zero-order valence-electron chi connectivity index (χ0n) is 16.4. The first-order valence-electron chi connectivity index (χ1n) is 10.3. The second kappa shape index (κ2) is 7.92. The van der Waals surface area contributed by atoms with Crippen molar-refractivity contribution in [3.05, 3.63) is 41.6 Å². The third-order valence-corrected chi connectivity index (χ3v) is 6.94. The summed E-state index contributed by atoms with van der Waals surface area (Å²) in [5, 5.41) is 5.18. The molecule has 2 fully saturated rings. The van der Waals surface area contributed by atoms with Crippen LogP contribution in [0.4, 0.5) is 11.1 Å². The molecule has 0 radical (unpaired) electrons. The Morgan fingerprint density at radius 3 is 2.69 bits per heavy atom. The third-order valence-electron chi connectivity index (χ3n) is 5.57. The summed E-state index contributed by atoms with van der Waals surface area (Å²) in [6, 6.07) is 10.4. The lowest BCUT2D eigenvalue weighted by Crippen LogP contribution is -2.32. The van der Waals surface area contributed by atoms with E-state index in [2.05, 4.69) is 28.2 Å². The first-order chi connectivity index (χ1) is 14.2. The normalized spacial score (nSPS) is 17.5. The fourth-order valence-corrected chi connectivity index (χ4v) is 4.91. The summed E-state index contributed by atoms with van der Waals surface area (Å²) < 4.78 is 0. The van der Waals surface area contributed by atoms with E-state index >= 15 is 0 Å². The van der Waals surface area contributed by atoms with Crippen LogP contribution in [0.3, 0.4) is 0 Å². The van der Waals surface area contributed by atoms with E-state index in [9.17, 15) is 0 Å². The van der Waals surface area contributed by atoms with Crippen LogP contribution in [0.25, 0.3) is 21.8 Å². The molecule has 2 aromatic heterocycles. The molecule has 0 unspecified atom stereocenters. The van der Waals surface area contributed by atoms with E-state index in [1.165, 1.54) is 25.7 Å². The Morgan fingerprint density at radius 1 is 1.10 bits per heavy atom. The number of nitrogens with zero attached hydrogens (tertiary/aromatic N) is 4. The minimum Gasteiger partial charge on any atom is -0.351 e. The van der Waals surface area contributed by atoms with Gasteiger partial charge in [0.1, 0.15) is 0 Å². The number of nitrogens with one attached hydrogen (secondary N) is 1. The average molecular weight is 426 g/mol. The molecule has 3 aromatic rings. The number of thiazole rings is 1. The van der Waals surface area contributed by atoms with E-state index in [1.807, 2.05) is 30.5 Å². The Morgan fingerprint density at radius 2 is 1.93 bits per heavy atom. The van der Waals surface area contributed by atoms with Gasteiger partial charge >= 0.3 is 0 Å². The molecular formula is C22H24ClN5S. The maximum absolute atomic E-state index is 6.28. The van der Waals surface area contributed by atoms with Gasteiger partial charge in [-0.3, -0.25) is 0 Å². The highest BCUT2D eigenvalue weighted by atomic mass is 35.5. The molecule has 150 valence electrons. The lowest BCUT2D eigenvalue weighted by molar-refractivity contribution is 0.438. The fourth-order valence-electron chi connectivity index (χ4n) is 3.61. The minimum atomic E-state index is 0.519. The van der Waals surface area contributed by atoms with E-state index in [1.54, 1.807) is 11.3 Å². The van der Waals surface area contributed by atoms with Crippen LogP contribution < -0.4 is 10.2 Å². The van der Waals surface area contributed by atoms with Crippen molar-refractivity contribution in [2.24, 2.45) is 5.92 Å². The minimum absolute atomic E-state index is 0.519. The molecular weight excluding hydrogens is 402 g/mol. The smallest absolute Gasteiger partial charge is 0.223 e. The molecule has 1 saturated heterocycles. The lowest BCUT2D eigenvalue weighted by atomic mass is 10.00. The molecule has 0 spiro atoms. The number of hydrogen-bond acceptors (Lipinski definition) is 6. The molecule has 3 heterocycles. The quantitative estimate of drug-likeness (QED) is 0.565. The summed E-state index contributed by atoms with van der Waals surface area (Å²) in [5.41, 5.74) is 2.88. The highest BCUT2D eigenvalue weighted by molar-refractivity contribution is 7.19. The van der Waals surface area contributed by atoms with Crippen LogP contribution in [0.15, 0.2) is 36.5 Å². The Hall–Kier alpha value is -2.18. The number of aromatic nitrogens is 3. The van der Waals surface area contributed by atoms with Crippen molar-refractivity contribution in [3.8, 4) is 21.8 Å². The summed E-state index contributed by atoms with van der Waals surface area (Å²) in [6.45, 7) is 4.44. The van der Waals surface area contributed by atoms with Crippen molar-refractivity contribution in [3.63, 3.8) is 0 Å². The number of anilines is 2. The van der Waals surface area contributed by atoms with Gasteiger partial charge in [-0.2, -0.15) is 0 Å². The van der Waals surface area contributed by atoms with Crippen LogP contribution in [-0.4, -0.2) is 34.1 Å². The van der Waals surface area contributed by atoms with Gasteiger partial charge in [0.2, 0.25) is 5.95 Å². The van der Waals surface area contributed by atoms with Gasteiger partial charge < -0.3 is 10.2 Å². The van der Waals surface area contributed by atoms with E-state index in [0.717, 1.165) is 46.0 Å².